The van der Waals surface area contributed by atoms with Gasteiger partial charge in [0.15, 0.2) is 0 Å². The minimum Gasteiger partial charge on any atom is -0.494 e. The molecule has 1 aromatic heterocycles. The lowest BCUT2D eigenvalue weighted by molar-refractivity contribution is 0.317. The Labute approximate surface area is 114 Å². The summed E-state index contributed by atoms with van der Waals surface area (Å²) in [7, 11) is 2.00. The van der Waals surface area contributed by atoms with E-state index in [-0.39, 0.29) is 0 Å². The Morgan fingerprint density at radius 2 is 2.00 bits per heavy atom. The predicted molar refractivity (Wildman–Crippen MR) is 77.2 cm³/mol. The van der Waals surface area contributed by atoms with Crippen LogP contribution in [0.4, 0.5) is 0 Å². The van der Waals surface area contributed by atoms with Gasteiger partial charge in [0, 0.05) is 19.0 Å². The van der Waals surface area contributed by atoms with Gasteiger partial charge in [-0.2, -0.15) is 0 Å². The zero-order valence-electron chi connectivity index (χ0n) is 11.6. The van der Waals surface area contributed by atoms with E-state index in [0.29, 0.717) is 6.54 Å². The SMILES string of the molecule is CCCOc1ccc(-c2c(CCN)ncn2C)cc1. The van der Waals surface area contributed by atoms with Gasteiger partial charge in [-0.05, 0) is 37.2 Å². The molecule has 0 aliphatic rings. The zero-order valence-corrected chi connectivity index (χ0v) is 11.6. The summed E-state index contributed by atoms with van der Waals surface area (Å²) in [5.74, 6) is 0.910. The van der Waals surface area contributed by atoms with E-state index in [4.69, 9.17) is 10.5 Å². The number of hydrogen-bond donors (Lipinski definition) is 1. The van der Waals surface area contributed by atoms with Crippen molar-refractivity contribution in [2.45, 2.75) is 19.8 Å². The van der Waals surface area contributed by atoms with Crippen molar-refractivity contribution in [2.75, 3.05) is 13.2 Å². The van der Waals surface area contributed by atoms with Crippen molar-refractivity contribution in [3.8, 4) is 17.0 Å². The van der Waals surface area contributed by atoms with E-state index in [0.717, 1.165) is 42.1 Å². The number of nitrogens with zero attached hydrogens (tertiary/aromatic N) is 2. The Kier molecular flexibility index (Phi) is 4.58. The number of aryl methyl sites for hydroxylation is 1. The molecule has 1 aromatic carbocycles. The van der Waals surface area contributed by atoms with E-state index < -0.39 is 0 Å². The zero-order chi connectivity index (χ0) is 13.7. The Bertz CT molecular complexity index is 517. The second kappa shape index (κ2) is 6.38. The smallest absolute Gasteiger partial charge is 0.119 e. The monoisotopic (exact) mass is 259 g/mol. The molecule has 4 heteroatoms. The van der Waals surface area contributed by atoms with E-state index >= 15 is 0 Å². The average molecular weight is 259 g/mol. The Morgan fingerprint density at radius 1 is 1.26 bits per heavy atom. The van der Waals surface area contributed by atoms with E-state index in [2.05, 4.69) is 24.0 Å². The fourth-order valence-electron chi connectivity index (χ4n) is 2.10. The minimum absolute atomic E-state index is 0.613. The van der Waals surface area contributed by atoms with Crippen LogP contribution in [0.1, 0.15) is 19.0 Å². The Morgan fingerprint density at radius 3 is 2.63 bits per heavy atom. The van der Waals surface area contributed by atoms with Crippen LogP contribution in [0, 0.1) is 0 Å². The van der Waals surface area contributed by atoms with Gasteiger partial charge in [0.05, 0.1) is 24.3 Å². The van der Waals surface area contributed by atoms with Crippen LogP contribution < -0.4 is 10.5 Å². The summed E-state index contributed by atoms with van der Waals surface area (Å²) in [4.78, 5) is 4.41. The van der Waals surface area contributed by atoms with E-state index in [9.17, 15) is 0 Å². The quantitative estimate of drug-likeness (QED) is 0.866. The van der Waals surface area contributed by atoms with Crippen molar-refractivity contribution < 1.29 is 4.74 Å². The minimum atomic E-state index is 0.613. The van der Waals surface area contributed by atoms with E-state index in [1.807, 2.05) is 30.1 Å². The molecule has 2 aromatic rings. The molecule has 0 radical (unpaired) electrons. The molecule has 0 atom stereocenters. The third kappa shape index (κ3) is 3.15. The first-order valence-electron chi connectivity index (χ1n) is 6.69. The highest BCUT2D eigenvalue weighted by molar-refractivity contribution is 5.63. The second-order valence-corrected chi connectivity index (χ2v) is 4.56. The lowest BCUT2D eigenvalue weighted by Gasteiger charge is -2.08. The number of ether oxygens (including phenoxy) is 1. The summed E-state index contributed by atoms with van der Waals surface area (Å²) < 4.78 is 7.63. The van der Waals surface area contributed by atoms with Crippen LogP contribution in [0.25, 0.3) is 11.3 Å². The number of nitrogens with two attached hydrogens (primary N) is 1. The molecule has 0 bridgehead atoms. The lowest BCUT2D eigenvalue weighted by atomic mass is 10.1. The van der Waals surface area contributed by atoms with Crippen LogP contribution in [0.2, 0.25) is 0 Å². The summed E-state index contributed by atoms with van der Waals surface area (Å²) in [5.41, 5.74) is 8.95. The maximum Gasteiger partial charge on any atom is 0.119 e. The third-order valence-electron chi connectivity index (χ3n) is 2.99. The van der Waals surface area contributed by atoms with Gasteiger partial charge in [-0.25, -0.2) is 4.98 Å². The van der Waals surface area contributed by atoms with Crippen molar-refractivity contribution in [3.05, 3.63) is 36.3 Å². The van der Waals surface area contributed by atoms with Crippen LogP contribution in [-0.4, -0.2) is 22.7 Å². The first kappa shape index (κ1) is 13.6. The van der Waals surface area contributed by atoms with Gasteiger partial charge in [-0.1, -0.05) is 6.92 Å². The van der Waals surface area contributed by atoms with Gasteiger partial charge in [0.25, 0.3) is 0 Å². The molecule has 102 valence electrons. The highest BCUT2D eigenvalue weighted by atomic mass is 16.5. The summed E-state index contributed by atoms with van der Waals surface area (Å²) in [6, 6.07) is 8.15. The molecule has 0 unspecified atom stereocenters. The first-order chi connectivity index (χ1) is 9.26. The molecule has 0 aliphatic carbocycles. The van der Waals surface area contributed by atoms with E-state index in [1.165, 1.54) is 0 Å². The summed E-state index contributed by atoms with van der Waals surface area (Å²) in [5, 5.41) is 0. The molecule has 0 saturated heterocycles. The largest absolute Gasteiger partial charge is 0.494 e. The van der Waals surface area contributed by atoms with Gasteiger partial charge in [0.1, 0.15) is 5.75 Å². The van der Waals surface area contributed by atoms with Crippen LogP contribution in [0.15, 0.2) is 30.6 Å². The number of rotatable bonds is 6. The molecule has 1 heterocycles. The molecule has 0 aliphatic heterocycles. The maximum absolute atomic E-state index is 5.63. The molecule has 4 nitrogen and oxygen atoms in total. The van der Waals surface area contributed by atoms with Gasteiger partial charge in [-0.3, -0.25) is 0 Å². The normalized spacial score (nSPS) is 10.7. The van der Waals surface area contributed by atoms with Crippen molar-refractivity contribution in [3.63, 3.8) is 0 Å². The van der Waals surface area contributed by atoms with Crippen LogP contribution in [0.3, 0.4) is 0 Å². The van der Waals surface area contributed by atoms with Gasteiger partial charge < -0.3 is 15.0 Å². The molecular weight excluding hydrogens is 238 g/mol. The van der Waals surface area contributed by atoms with Crippen molar-refractivity contribution in [2.24, 2.45) is 12.8 Å². The van der Waals surface area contributed by atoms with Crippen LogP contribution in [0.5, 0.6) is 5.75 Å². The van der Waals surface area contributed by atoms with Gasteiger partial charge in [-0.15, -0.1) is 0 Å². The van der Waals surface area contributed by atoms with Crippen molar-refractivity contribution in [1.82, 2.24) is 9.55 Å². The average Bonchev–Trinajstić information content (AvgIpc) is 2.79. The summed E-state index contributed by atoms with van der Waals surface area (Å²) in [6.45, 7) is 3.47. The third-order valence-corrected chi connectivity index (χ3v) is 2.99. The van der Waals surface area contributed by atoms with Crippen LogP contribution >= 0.6 is 0 Å². The van der Waals surface area contributed by atoms with E-state index in [1.54, 1.807) is 0 Å². The lowest BCUT2D eigenvalue weighted by Crippen LogP contribution is -2.04. The number of aromatic nitrogens is 2. The number of benzene rings is 1. The topological polar surface area (TPSA) is 53.1 Å². The Hall–Kier alpha value is -1.81. The molecule has 2 N–H and O–H groups in total. The van der Waals surface area contributed by atoms with Crippen molar-refractivity contribution >= 4 is 0 Å². The van der Waals surface area contributed by atoms with Gasteiger partial charge in [0.2, 0.25) is 0 Å². The molecule has 0 saturated carbocycles. The fourth-order valence-corrected chi connectivity index (χ4v) is 2.10. The molecular formula is C15H21N3O. The summed E-state index contributed by atoms with van der Waals surface area (Å²) in [6.07, 6.45) is 3.65. The number of imidazole rings is 1. The fraction of sp³-hybridized carbons (Fsp3) is 0.400. The summed E-state index contributed by atoms with van der Waals surface area (Å²) >= 11 is 0. The molecule has 0 amide bonds. The molecule has 2 rings (SSSR count). The standard InChI is InChI=1S/C15H21N3O/c1-3-10-19-13-6-4-12(5-7-13)15-14(8-9-16)17-11-18(15)2/h4-7,11H,3,8-10,16H2,1-2H3. The first-order valence-corrected chi connectivity index (χ1v) is 6.69. The highest BCUT2D eigenvalue weighted by Crippen LogP contribution is 2.25. The maximum atomic E-state index is 5.63. The van der Waals surface area contributed by atoms with Crippen molar-refractivity contribution in [1.29, 1.82) is 0 Å². The van der Waals surface area contributed by atoms with Gasteiger partial charge >= 0.3 is 0 Å². The van der Waals surface area contributed by atoms with Crippen LogP contribution in [-0.2, 0) is 13.5 Å². The Balaban J connectivity index is 2.24. The molecule has 0 spiro atoms. The second-order valence-electron chi connectivity index (χ2n) is 4.56. The molecule has 19 heavy (non-hydrogen) atoms. The predicted octanol–water partition coefficient (Wildman–Crippen LogP) is 2.38. The highest BCUT2D eigenvalue weighted by Gasteiger charge is 2.10. The number of hydrogen-bond acceptors (Lipinski definition) is 3. The molecule has 0 fully saturated rings.